The van der Waals surface area contributed by atoms with Crippen molar-refractivity contribution in [3.05, 3.63) is 71.3 Å². The van der Waals surface area contributed by atoms with Crippen LogP contribution in [0.15, 0.2) is 54.6 Å². The van der Waals surface area contributed by atoms with E-state index in [9.17, 15) is 4.79 Å². The highest BCUT2D eigenvalue weighted by atomic mass is 16.5. The summed E-state index contributed by atoms with van der Waals surface area (Å²) in [4.78, 5) is 14.5. The molecule has 0 aromatic heterocycles. The molecule has 0 atom stereocenters. The number of aryl methyl sites for hydroxylation is 1. The monoisotopic (exact) mass is 351 g/mol. The lowest BCUT2D eigenvalue weighted by Crippen LogP contribution is -2.38. The van der Waals surface area contributed by atoms with Gasteiger partial charge >= 0.3 is 0 Å². The van der Waals surface area contributed by atoms with Crippen LogP contribution in [-0.2, 0) is 4.74 Å². The number of nitrogens with zero attached hydrogens (tertiary/aromatic N) is 1. The largest absolute Gasteiger partial charge is 0.492 e. The van der Waals surface area contributed by atoms with Crippen molar-refractivity contribution in [2.24, 2.45) is 0 Å². The third kappa shape index (κ3) is 5.55. The maximum Gasteiger partial charge on any atom is 0.185 e. The number of hydrogen-bond acceptors (Lipinski definition) is 4. The van der Waals surface area contributed by atoms with Crippen LogP contribution in [0.5, 0.6) is 5.75 Å². The zero-order chi connectivity index (χ0) is 18.2. The average Bonchev–Trinajstić information content (AvgIpc) is 2.68. The van der Waals surface area contributed by atoms with Crippen LogP contribution in [0.1, 0.15) is 21.5 Å². The maximum absolute atomic E-state index is 12.2. The van der Waals surface area contributed by atoms with Gasteiger partial charge in [-0.15, -0.1) is 0 Å². The molecule has 4 heteroatoms. The minimum absolute atomic E-state index is 0.0100. The van der Waals surface area contributed by atoms with Gasteiger partial charge < -0.3 is 9.47 Å². The third-order valence-electron chi connectivity index (χ3n) is 4.42. The van der Waals surface area contributed by atoms with Crippen molar-refractivity contribution in [1.29, 1.82) is 0 Å². The van der Waals surface area contributed by atoms with E-state index in [2.05, 4.69) is 4.90 Å². The second kappa shape index (κ2) is 9.32. The van der Waals surface area contributed by atoms with Gasteiger partial charge in [0.15, 0.2) is 5.78 Å². The molecule has 4 nitrogen and oxygen atoms in total. The highest BCUT2D eigenvalue weighted by Crippen LogP contribution is 2.14. The molecule has 2 aromatic rings. The Labute approximate surface area is 155 Å². The smallest absolute Gasteiger partial charge is 0.185 e. The first-order valence-corrected chi connectivity index (χ1v) is 9.03. The summed E-state index contributed by atoms with van der Waals surface area (Å²) in [6.07, 6.45) is 3.44. The van der Waals surface area contributed by atoms with E-state index in [1.807, 2.05) is 61.5 Å². The molecule has 1 fully saturated rings. The van der Waals surface area contributed by atoms with E-state index < -0.39 is 0 Å². The van der Waals surface area contributed by atoms with Gasteiger partial charge in [0.2, 0.25) is 0 Å². The van der Waals surface area contributed by atoms with E-state index in [1.54, 1.807) is 6.08 Å². The van der Waals surface area contributed by atoms with Gasteiger partial charge in [-0.25, -0.2) is 0 Å². The number of morpholine rings is 1. The average molecular weight is 351 g/mol. The molecule has 1 heterocycles. The van der Waals surface area contributed by atoms with E-state index in [0.717, 1.165) is 49.7 Å². The summed E-state index contributed by atoms with van der Waals surface area (Å²) >= 11 is 0. The molecule has 1 aliphatic heterocycles. The predicted molar refractivity (Wildman–Crippen MR) is 104 cm³/mol. The number of ketones is 1. The lowest BCUT2D eigenvalue weighted by atomic mass is 10.1. The molecular formula is C22H25NO3. The summed E-state index contributed by atoms with van der Waals surface area (Å²) in [7, 11) is 0. The Kier molecular flexibility index (Phi) is 6.58. The van der Waals surface area contributed by atoms with Crippen LogP contribution < -0.4 is 4.74 Å². The molecule has 2 aromatic carbocycles. The van der Waals surface area contributed by atoms with Crippen molar-refractivity contribution < 1.29 is 14.3 Å². The molecule has 26 heavy (non-hydrogen) atoms. The number of benzene rings is 2. The molecule has 0 amide bonds. The van der Waals surface area contributed by atoms with Gasteiger partial charge in [-0.1, -0.05) is 48.0 Å². The number of carbonyl (C=O) groups is 1. The van der Waals surface area contributed by atoms with Crippen LogP contribution in [0.25, 0.3) is 6.08 Å². The maximum atomic E-state index is 12.2. The zero-order valence-corrected chi connectivity index (χ0v) is 15.2. The normalized spacial score (nSPS) is 15.3. The molecule has 1 aliphatic rings. The first kappa shape index (κ1) is 18.4. The Morgan fingerprint density at radius 1 is 1.08 bits per heavy atom. The SMILES string of the molecule is Cc1ccc(C(=O)/C=C/c2ccc(OCCN3CCOCC3)cc2)cc1. The number of hydrogen-bond donors (Lipinski definition) is 0. The van der Waals surface area contributed by atoms with Crippen LogP contribution in [0.2, 0.25) is 0 Å². The van der Waals surface area contributed by atoms with Crippen molar-refractivity contribution in [2.45, 2.75) is 6.92 Å². The van der Waals surface area contributed by atoms with Crippen LogP contribution >= 0.6 is 0 Å². The minimum atomic E-state index is 0.0100. The highest BCUT2D eigenvalue weighted by Gasteiger charge is 2.09. The summed E-state index contributed by atoms with van der Waals surface area (Å²) in [5.74, 6) is 0.858. The summed E-state index contributed by atoms with van der Waals surface area (Å²) < 4.78 is 11.1. The van der Waals surface area contributed by atoms with E-state index in [4.69, 9.17) is 9.47 Å². The predicted octanol–water partition coefficient (Wildman–Crippen LogP) is 3.60. The second-order valence-corrected chi connectivity index (χ2v) is 6.44. The Balaban J connectivity index is 1.47. The van der Waals surface area contributed by atoms with E-state index in [-0.39, 0.29) is 5.78 Å². The van der Waals surface area contributed by atoms with Gasteiger partial charge in [-0.2, -0.15) is 0 Å². The number of allylic oxidation sites excluding steroid dienone is 1. The molecule has 0 aliphatic carbocycles. The lowest BCUT2D eigenvalue weighted by molar-refractivity contribution is 0.0322. The molecule has 136 valence electrons. The highest BCUT2D eigenvalue weighted by molar-refractivity contribution is 6.06. The van der Waals surface area contributed by atoms with Crippen LogP contribution in [0.3, 0.4) is 0 Å². The molecule has 3 rings (SSSR count). The van der Waals surface area contributed by atoms with Crippen LogP contribution in [0.4, 0.5) is 0 Å². The topological polar surface area (TPSA) is 38.8 Å². The lowest BCUT2D eigenvalue weighted by Gasteiger charge is -2.26. The Morgan fingerprint density at radius 3 is 2.46 bits per heavy atom. The van der Waals surface area contributed by atoms with Crippen molar-refractivity contribution in [2.75, 3.05) is 39.5 Å². The number of ether oxygens (including phenoxy) is 2. The fourth-order valence-corrected chi connectivity index (χ4v) is 2.78. The summed E-state index contributed by atoms with van der Waals surface area (Å²) in [5.41, 5.74) is 2.83. The fourth-order valence-electron chi connectivity index (χ4n) is 2.78. The van der Waals surface area contributed by atoms with Crippen molar-refractivity contribution >= 4 is 11.9 Å². The molecule has 0 spiro atoms. The molecular weight excluding hydrogens is 326 g/mol. The van der Waals surface area contributed by atoms with Gasteiger partial charge in [-0.3, -0.25) is 9.69 Å². The third-order valence-corrected chi connectivity index (χ3v) is 4.42. The quantitative estimate of drug-likeness (QED) is 0.564. The van der Waals surface area contributed by atoms with Crippen LogP contribution in [-0.4, -0.2) is 50.1 Å². The molecule has 0 radical (unpaired) electrons. The Bertz CT molecular complexity index is 729. The van der Waals surface area contributed by atoms with E-state index >= 15 is 0 Å². The first-order chi connectivity index (χ1) is 12.7. The Hall–Kier alpha value is -2.43. The molecule has 0 saturated carbocycles. The number of carbonyl (C=O) groups excluding carboxylic acids is 1. The summed E-state index contributed by atoms with van der Waals surface area (Å²) in [6.45, 7) is 7.15. The first-order valence-electron chi connectivity index (χ1n) is 9.03. The molecule has 0 unspecified atom stereocenters. The Morgan fingerprint density at radius 2 is 1.77 bits per heavy atom. The molecule has 0 N–H and O–H groups in total. The van der Waals surface area contributed by atoms with Crippen molar-refractivity contribution in [1.82, 2.24) is 4.90 Å². The van der Waals surface area contributed by atoms with Crippen LogP contribution in [0, 0.1) is 6.92 Å². The summed E-state index contributed by atoms with van der Waals surface area (Å²) in [5, 5.41) is 0. The number of rotatable bonds is 7. The minimum Gasteiger partial charge on any atom is -0.492 e. The fraction of sp³-hybridized carbons (Fsp3) is 0.318. The summed E-state index contributed by atoms with van der Waals surface area (Å²) in [6, 6.07) is 15.4. The standard InChI is InChI=1S/C22H25NO3/c1-18-2-7-20(8-3-18)22(24)11-6-19-4-9-21(10-5-19)26-17-14-23-12-15-25-16-13-23/h2-11H,12-17H2,1H3/b11-6+. The van der Waals surface area contributed by atoms with Gasteiger partial charge in [0.1, 0.15) is 12.4 Å². The van der Waals surface area contributed by atoms with Gasteiger partial charge in [-0.05, 0) is 30.7 Å². The van der Waals surface area contributed by atoms with E-state index in [1.165, 1.54) is 0 Å². The van der Waals surface area contributed by atoms with Crippen molar-refractivity contribution in [3.8, 4) is 5.75 Å². The molecule has 1 saturated heterocycles. The molecule has 0 bridgehead atoms. The second-order valence-electron chi connectivity index (χ2n) is 6.44. The van der Waals surface area contributed by atoms with Gasteiger partial charge in [0.25, 0.3) is 0 Å². The van der Waals surface area contributed by atoms with Gasteiger partial charge in [0.05, 0.1) is 13.2 Å². The van der Waals surface area contributed by atoms with E-state index in [0.29, 0.717) is 12.2 Å². The van der Waals surface area contributed by atoms with Gasteiger partial charge in [0, 0.05) is 25.2 Å². The zero-order valence-electron chi connectivity index (χ0n) is 15.2. The van der Waals surface area contributed by atoms with Crippen molar-refractivity contribution in [3.63, 3.8) is 0 Å².